The first-order chi connectivity index (χ1) is 6.83. The smallest absolute Gasteiger partial charge is 0.0145 e. The Morgan fingerprint density at radius 3 is 2.00 bits per heavy atom. The summed E-state index contributed by atoms with van der Waals surface area (Å²) >= 11 is 0. The summed E-state index contributed by atoms with van der Waals surface area (Å²) in [6.45, 7) is 16.3. The molecule has 0 aliphatic heterocycles. The molecular formula is C15H30. The van der Waals surface area contributed by atoms with Crippen molar-refractivity contribution in [2.75, 3.05) is 0 Å². The molecule has 0 rings (SSSR count). The van der Waals surface area contributed by atoms with Crippen molar-refractivity contribution >= 4 is 0 Å². The van der Waals surface area contributed by atoms with Gasteiger partial charge in [0, 0.05) is 0 Å². The third-order valence-electron chi connectivity index (χ3n) is 3.88. The molecule has 0 aliphatic carbocycles. The van der Waals surface area contributed by atoms with Crippen LogP contribution in [0.15, 0.2) is 11.1 Å². The van der Waals surface area contributed by atoms with Gasteiger partial charge in [-0.1, -0.05) is 65.0 Å². The molecule has 0 radical (unpaired) electrons. The van der Waals surface area contributed by atoms with Crippen molar-refractivity contribution in [3.8, 4) is 0 Å². The Labute approximate surface area is 97.2 Å². The normalized spacial score (nSPS) is 14.4. The van der Waals surface area contributed by atoms with E-state index in [-0.39, 0.29) is 0 Å². The van der Waals surface area contributed by atoms with Crippen molar-refractivity contribution in [1.29, 1.82) is 0 Å². The Morgan fingerprint density at radius 1 is 1.07 bits per heavy atom. The van der Waals surface area contributed by atoms with E-state index in [0.29, 0.717) is 11.3 Å². The first-order valence-corrected chi connectivity index (χ1v) is 6.50. The maximum atomic E-state index is 2.39. The molecular weight excluding hydrogens is 180 g/mol. The lowest BCUT2D eigenvalue weighted by atomic mass is 9.76. The van der Waals surface area contributed by atoms with Crippen LogP contribution in [0.1, 0.15) is 74.1 Å². The van der Waals surface area contributed by atoms with Crippen LogP contribution in [0.3, 0.4) is 0 Å². The van der Waals surface area contributed by atoms with Crippen molar-refractivity contribution in [2.24, 2.45) is 11.3 Å². The van der Waals surface area contributed by atoms with Crippen LogP contribution >= 0.6 is 0 Å². The van der Waals surface area contributed by atoms with E-state index in [1.807, 2.05) is 0 Å². The summed E-state index contributed by atoms with van der Waals surface area (Å²) in [5.41, 5.74) is 3.58. The fourth-order valence-corrected chi connectivity index (χ4v) is 1.97. The molecule has 90 valence electrons. The van der Waals surface area contributed by atoms with Gasteiger partial charge in [0.2, 0.25) is 0 Å². The Morgan fingerprint density at radius 2 is 1.60 bits per heavy atom. The van der Waals surface area contributed by atoms with E-state index >= 15 is 0 Å². The fourth-order valence-electron chi connectivity index (χ4n) is 1.97. The highest BCUT2D eigenvalue weighted by Gasteiger charge is 2.21. The Balaban J connectivity index is 4.50. The van der Waals surface area contributed by atoms with Gasteiger partial charge in [-0.15, -0.1) is 0 Å². The quantitative estimate of drug-likeness (QED) is 0.396. The molecule has 0 aromatic rings. The average Bonchev–Trinajstić information content (AvgIpc) is 2.15. The van der Waals surface area contributed by atoms with E-state index < -0.39 is 0 Å². The van der Waals surface area contributed by atoms with Gasteiger partial charge < -0.3 is 0 Å². The molecule has 0 aromatic heterocycles. The van der Waals surface area contributed by atoms with Gasteiger partial charge in [0.25, 0.3) is 0 Å². The molecule has 15 heavy (non-hydrogen) atoms. The van der Waals surface area contributed by atoms with E-state index in [9.17, 15) is 0 Å². The average molecular weight is 210 g/mol. The van der Waals surface area contributed by atoms with Crippen molar-refractivity contribution in [1.82, 2.24) is 0 Å². The Kier molecular flexibility index (Phi) is 6.24. The van der Waals surface area contributed by atoms with E-state index in [1.165, 1.54) is 25.7 Å². The molecule has 0 saturated carbocycles. The molecule has 0 nitrogen and oxygen atoms in total. The zero-order valence-electron chi connectivity index (χ0n) is 11.9. The molecule has 0 aliphatic rings. The largest absolute Gasteiger partial charge is 0.0713 e. The summed E-state index contributed by atoms with van der Waals surface area (Å²) in [6.07, 6.45) is 5.39. The highest BCUT2D eigenvalue weighted by atomic mass is 14.3. The summed E-state index contributed by atoms with van der Waals surface area (Å²) in [5.74, 6) is 0.690. The first kappa shape index (κ1) is 14.7. The summed E-state index contributed by atoms with van der Waals surface area (Å²) in [7, 11) is 0. The van der Waals surface area contributed by atoms with Crippen LogP contribution in [0.2, 0.25) is 0 Å². The number of hydrogen-bond acceptors (Lipinski definition) is 0. The lowest BCUT2D eigenvalue weighted by Crippen LogP contribution is -2.15. The van der Waals surface area contributed by atoms with Crippen LogP contribution < -0.4 is 0 Å². The predicted molar refractivity (Wildman–Crippen MR) is 71.1 cm³/mol. The van der Waals surface area contributed by atoms with Gasteiger partial charge in [-0.3, -0.25) is 0 Å². The first-order valence-electron chi connectivity index (χ1n) is 6.50. The van der Waals surface area contributed by atoms with Gasteiger partial charge in [0.15, 0.2) is 0 Å². The van der Waals surface area contributed by atoms with Gasteiger partial charge >= 0.3 is 0 Å². The van der Waals surface area contributed by atoms with Gasteiger partial charge in [-0.05, 0) is 31.6 Å². The zero-order chi connectivity index (χ0) is 12.1. The van der Waals surface area contributed by atoms with Gasteiger partial charge in [-0.25, -0.2) is 0 Å². The maximum Gasteiger partial charge on any atom is -0.0145 e. The molecule has 0 aromatic carbocycles. The second kappa shape index (κ2) is 6.35. The molecule has 0 heterocycles. The molecule has 0 heteroatoms. The second-order valence-electron chi connectivity index (χ2n) is 5.80. The van der Waals surface area contributed by atoms with Crippen LogP contribution in [0.4, 0.5) is 0 Å². The monoisotopic (exact) mass is 210 g/mol. The predicted octanol–water partition coefficient (Wildman–Crippen LogP) is 5.59. The number of unbranched alkanes of at least 4 members (excludes halogenated alkanes) is 2. The van der Waals surface area contributed by atoms with Crippen LogP contribution in [0, 0.1) is 11.3 Å². The summed E-state index contributed by atoms with van der Waals surface area (Å²) in [6, 6.07) is 0. The minimum absolute atomic E-state index is 0.392. The maximum absolute atomic E-state index is 2.39. The SMILES string of the molecule is CCCCCC(C)(C)/C(C)=C(/C)C(C)C. The van der Waals surface area contributed by atoms with Crippen LogP contribution in [0.25, 0.3) is 0 Å². The van der Waals surface area contributed by atoms with Crippen molar-refractivity contribution < 1.29 is 0 Å². The highest BCUT2D eigenvalue weighted by molar-refractivity contribution is 5.18. The molecule has 0 bridgehead atoms. The van der Waals surface area contributed by atoms with Gasteiger partial charge in [0.1, 0.15) is 0 Å². The standard InChI is InChI=1S/C15H30/c1-8-9-10-11-15(6,7)14(5)13(4)12(2)3/h12H,8-11H2,1-7H3/b14-13-. The van der Waals surface area contributed by atoms with Crippen LogP contribution in [0.5, 0.6) is 0 Å². The van der Waals surface area contributed by atoms with E-state index in [1.54, 1.807) is 11.1 Å². The Hall–Kier alpha value is -0.260. The molecule has 0 fully saturated rings. The van der Waals surface area contributed by atoms with Crippen LogP contribution in [-0.2, 0) is 0 Å². The fraction of sp³-hybridized carbons (Fsp3) is 0.867. The van der Waals surface area contributed by atoms with E-state index in [2.05, 4.69) is 48.5 Å². The summed E-state index contributed by atoms with van der Waals surface area (Å²) < 4.78 is 0. The lowest BCUT2D eigenvalue weighted by Gasteiger charge is -2.29. The molecule has 0 amide bonds. The number of hydrogen-bond donors (Lipinski definition) is 0. The Bertz CT molecular complexity index is 206. The zero-order valence-corrected chi connectivity index (χ0v) is 11.9. The van der Waals surface area contributed by atoms with Crippen molar-refractivity contribution in [3.05, 3.63) is 11.1 Å². The number of allylic oxidation sites excluding steroid dienone is 2. The third kappa shape index (κ3) is 4.86. The molecule has 0 unspecified atom stereocenters. The molecule has 0 saturated heterocycles. The minimum atomic E-state index is 0.392. The molecule has 0 N–H and O–H groups in total. The highest BCUT2D eigenvalue weighted by Crippen LogP contribution is 2.35. The van der Waals surface area contributed by atoms with Crippen molar-refractivity contribution in [3.63, 3.8) is 0 Å². The summed E-state index contributed by atoms with van der Waals surface area (Å²) in [5, 5.41) is 0. The summed E-state index contributed by atoms with van der Waals surface area (Å²) in [4.78, 5) is 0. The van der Waals surface area contributed by atoms with E-state index in [4.69, 9.17) is 0 Å². The molecule has 0 spiro atoms. The van der Waals surface area contributed by atoms with Crippen molar-refractivity contribution in [2.45, 2.75) is 74.1 Å². The second-order valence-corrected chi connectivity index (χ2v) is 5.80. The third-order valence-corrected chi connectivity index (χ3v) is 3.88. The minimum Gasteiger partial charge on any atom is -0.0713 e. The van der Waals surface area contributed by atoms with Gasteiger partial charge in [-0.2, -0.15) is 0 Å². The van der Waals surface area contributed by atoms with Gasteiger partial charge in [0.05, 0.1) is 0 Å². The topological polar surface area (TPSA) is 0 Å². The van der Waals surface area contributed by atoms with E-state index in [0.717, 1.165) is 0 Å². The lowest BCUT2D eigenvalue weighted by molar-refractivity contribution is 0.380. The van der Waals surface area contributed by atoms with Crippen LogP contribution in [-0.4, -0.2) is 0 Å². The molecule has 0 atom stereocenters. The number of rotatable bonds is 6.